The number of ketones is 1. The Balaban J connectivity index is 1.39. The van der Waals surface area contributed by atoms with Crippen molar-refractivity contribution in [2.75, 3.05) is 0 Å². The normalized spacial score (nSPS) is 22.5. The number of rotatable bonds is 4. The molecule has 2 aliphatic rings. The summed E-state index contributed by atoms with van der Waals surface area (Å²) >= 11 is 0. The van der Waals surface area contributed by atoms with Gasteiger partial charge < -0.3 is 0 Å². The van der Waals surface area contributed by atoms with Crippen molar-refractivity contribution in [3.8, 4) is 0 Å². The van der Waals surface area contributed by atoms with Crippen LogP contribution in [0.15, 0.2) is 42.9 Å². The van der Waals surface area contributed by atoms with Crippen molar-refractivity contribution in [1.29, 1.82) is 0 Å². The molecular weight excluding hydrogens is 358 g/mol. The van der Waals surface area contributed by atoms with Gasteiger partial charge in [0.2, 0.25) is 0 Å². The van der Waals surface area contributed by atoms with Crippen LogP contribution in [0.5, 0.6) is 0 Å². The zero-order chi connectivity index (χ0) is 19.3. The molecule has 0 atom stereocenters. The van der Waals surface area contributed by atoms with Crippen LogP contribution in [0.3, 0.4) is 0 Å². The van der Waals surface area contributed by atoms with E-state index in [0.717, 1.165) is 61.4 Å². The summed E-state index contributed by atoms with van der Waals surface area (Å²) in [6.45, 7) is 0. The van der Waals surface area contributed by atoms with Gasteiger partial charge in [0.05, 0.1) is 23.7 Å². The molecule has 0 unspecified atom stereocenters. The van der Waals surface area contributed by atoms with E-state index in [1.54, 1.807) is 18.6 Å². The molecule has 0 bridgehead atoms. The molecule has 2 saturated carbocycles. The highest BCUT2D eigenvalue weighted by Crippen LogP contribution is 2.44. The molecular formula is C23H22F2N2O. The standard InChI is InChI=1S/C23H22F2N2O/c24-17-7-9-19(21(25)11-17)14-3-5-16(6-4-14)23(28)22-20(15-1-2-15)10-8-18-12-26-13-27(18)22/h7-16H,1-6H2. The van der Waals surface area contributed by atoms with E-state index >= 15 is 0 Å². The summed E-state index contributed by atoms with van der Waals surface area (Å²) in [6, 6.07) is 7.94. The highest BCUT2D eigenvalue weighted by molar-refractivity contribution is 5.98. The Hall–Kier alpha value is -2.56. The molecule has 28 heavy (non-hydrogen) atoms. The minimum Gasteiger partial charge on any atom is -0.296 e. The first-order valence-electron chi connectivity index (χ1n) is 10.1. The first kappa shape index (κ1) is 17.5. The molecule has 0 aliphatic heterocycles. The van der Waals surface area contributed by atoms with E-state index in [1.807, 2.05) is 10.5 Å². The summed E-state index contributed by atoms with van der Waals surface area (Å²) in [4.78, 5) is 17.7. The Morgan fingerprint density at radius 2 is 1.61 bits per heavy atom. The lowest BCUT2D eigenvalue weighted by atomic mass is 9.76. The smallest absolute Gasteiger partial charge is 0.182 e. The van der Waals surface area contributed by atoms with Crippen LogP contribution in [0.2, 0.25) is 0 Å². The topological polar surface area (TPSA) is 34.4 Å². The van der Waals surface area contributed by atoms with Crippen LogP contribution < -0.4 is 0 Å². The van der Waals surface area contributed by atoms with Crippen molar-refractivity contribution >= 4 is 11.3 Å². The van der Waals surface area contributed by atoms with Gasteiger partial charge in [-0.05, 0) is 73.6 Å². The number of carbonyl (C=O) groups excluding carboxylic acids is 1. The highest BCUT2D eigenvalue weighted by atomic mass is 19.1. The van der Waals surface area contributed by atoms with Crippen LogP contribution in [0.25, 0.3) is 5.52 Å². The number of nitrogens with zero attached hydrogens (tertiary/aromatic N) is 2. The van der Waals surface area contributed by atoms with E-state index in [2.05, 4.69) is 11.1 Å². The highest BCUT2D eigenvalue weighted by Gasteiger charge is 2.34. The number of hydrogen-bond acceptors (Lipinski definition) is 2. The maximum absolute atomic E-state index is 14.1. The number of imidazole rings is 1. The number of carbonyl (C=O) groups is 1. The third-order valence-corrected chi connectivity index (χ3v) is 6.37. The SMILES string of the molecule is O=C(c1c(C2CC2)ccc2cncn12)C1CCC(c2ccc(F)cc2F)CC1. The fourth-order valence-corrected chi connectivity index (χ4v) is 4.69. The van der Waals surface area contributed by atoms with Gasteiger partial charge >= 0.3 is 0 Å². The molecule has 5 heteroatoms. The lowest BCUT2D eigenvalue weighted by Gasteiger charge is -2.29. The van der Waals surface area contributed by atoms with Crippen molar-refractivity contribution in [2.24, 2.45) is 5.92 Å². The quantitative estimate of drug-likeness (QED) is 0.549. The van der Waals surface area contributed by atoms with Crippen LogP contribution in [0, 0.1) is 17.6 Å². The van der Waals surface area contributed by atoms with Crippen LogP contribution >= 0.6 is 0 Å². The number of Topliss-reactive ketones (excluding diaryl/α,β-unsaturated/α-hetero) is 1. The van der Waals surface area contributed by atoms with Gasteiger partial charge in [0, 0.05) is 12.0 Å². The van der Waals surface area contributed by atoms with Crippen molar-refractivity contribution < 1.29 is 13.6 Å². The van der Waals surface area contributed by atoms with E-state index in [-0.39, 0.29) is 17.6 Å². The van der Waals surface area contributed by atoms with Crippen molar-refractivity contribution in [1.82, 2.24) is 9.38 Å². The zero-order valence-electron chi connectivity index (χ0n) is 15.6. The molecule has 2 aliphatic carbocycles. The van der Waals surface area contributed by atoms with Gasteiger partial charge in [0.25, 0.3) is 0 Å². The Morgan fingerprint density at radius 3 is 2.32 bits per heavy atom. The van der Waals surface area contributed by atoms with E-state index in [1.165, 1.54) is 6.07 Å². The number of benzene rings is 1. The molecule has 2 fully saturated rings. The van der Waals surface area contributed by atoms with E-state index in [0.29, 0.717) is 11.5 Å². The van der Waals surface area contributed by atoms with Crippen molar-refractivity contribution in [3.63, 3.8) is 0 Å². The van der Waals surface area contributed by atoms with Crippen LogP contribution in [-0.4, -0.2) is 15.2 Å². The predicted octanol–water partition coefficient (Wildman–Crippen LogP) is 5.65. The first-order valence-corrected chi connectivity index (χ1v) is 10.1. The molecule has 3 nitrogen and oxygen atoms in total. The molecule has 0 amide bonds. The second-order valence-corrected chi connectivity index (χ2v) is 8.18. The van der Waals surface area contributed by atoms with Gasteiger partial charge in [0.15, 0.2) is 5.78 Å². The fraction of sp³-hybridized carbons (Fsp3) is 0.391. The van der Waals surface area contributed by atoms with Crippen molar-refractivity contribution in [3.05, 3.63) is 71.3 Å². The summed E-state index contributed by atoms with van der Waals surface area (Å²) < 4.78 is 29.2. The number of halogens is 2. The molecule has 5 rings (SSSR count). The number of aromatic nitrogens is 2. The fourth-order valence-electron chi connectivity index (χ4n) is 4.69. The maximum Gasteiger partial charge on any atom is 0.182 e. The van der Waals surface area contributed by atoms with Gasteiger partial charge in [-0.15, -0.1) is 0 Å². The van der Waals surface area contributed by atoms with Gasteiger partial charge in [-0.25, -0.2) is 13.8 Å². The monoisotopic (exact) mass is 380 g/mol. The van der Waals surface area contributed by atoms with Gasteiger partial charge in [-0.1, -0.05) is 12.1 Å². The van der Waals surface area contributed by atoms with Gasteiger partial charge in [-0.3, -0.25) is 9.20 Å². The Bertz CT molecular complexity index is 1050. The minimum atomic E-state index is -0.550. The number of fused-ring (bicyclic) bond motifs is 1. The van der Waals surface area contributed by atoms with E-state index in [9.17, 15) is 13.6 Å². The third-order valence-electron chi connectivity index (χ3n) is 6.37. The third kappa shape index (κ3) is 3.03. The number of pyridine rings is 1. The molecule has 0 spiro atoms. The Labute approximate surface area is 162 Å². The molecule has 144 valence electrons. The summed E-state index contributed by atoms with van der Waals surface area (Å²) in [5.41, 5.74) is 3.44. The van der Waals surface area contributed by atoms with Crippen LogP contribution in [-0.2, 0) is 0 Å². The summed E-state index contributed by atoms with van der Waals surface area (Å²) in [5, 5.41) is 0. The molecule has 1 aromatic carbocycles. The molecule has 0 saturated heterocycles. The van der Waals surface area contributed by atoms with Crippen molar-refractivity contribution in [2.45, 2.75) is 50.4 Å². The summed E-state index contributed by atoms with van der Waals surface area (Å²) in [6.07, 6.45) is 8.74. The van der Waals surface area contributed by atoms with Crippen LogP contribution in [0.1, 0.15) is 72.0 Å². The minimum absolute atomic E-state index is 0.0507. The molecule has 2 heterocycles. The second-order valence-electron chi connectivity index (χ2n) is 8.18. The van der Waals surface area contributed by atoms with Gasteiger partial charge in [-0.2, -0.15) is 0 Å². The predicted molar refractivity (Wildman–Crippen MR) is 103 cm³/mol. The van der Waals surface area contributed by atoms with Crippen LogP contribution in [0.4, 0.5) is 8.78 Å². The maximum atomic E-state index is 14.1. The second kappa shape index (κ2) is 6.80. The summed E-state index contributed by atoms with van der Waals surface area (Å²) in [5.74, 6) is -0.360. The average Bonchev–Trinajstić information content (AvgIpc) is 3.43. The van der Waals surface area contributed by atoms with Gasteiger partial charge in [0.1, 0.15) is 11.6 Å². The Morgan fingerprint density at radius 1 is 0.929 bits per heavy atom. The Kier molecular flexibility index (Phi) is 4.26. The largest absolute Gasteiger partial charge is 0.296 e. The first-order chi connectivity index (χ1) is 13.6. The lowest BCUT2D eigenvalue weighted by molar-refractivity contribution is 0.0875. The van der Waals surface area contributed by atoms with E-state index < -0.39 is 11.6 Å². The zero-order valence-corrected chi connectivity index (χ0v) is 15.6. The molecule has 0 N–H and O–H groups in total. The average molecular weight is 380 g/mol. The molecule has 2 aromatic heterocycles. The summed E-state index contributed by atoms with van der Waals surface area (Å²) in [7, 11) is 0. The molecule has 0 radical (unpaired) electrons. The molecule has 3 aromatic rings. The van der Waals surface area contributed by atoms with E-state index in [4.69, 9.17) is 0 Å². The lowest BCUT2D eigenvalue weighted by Crippen LogP contribution is -2.24. The number of hydrogen-bond donors (Lipinski definition) is 0.